The number of ether oxygens (including phenoxy) is 1. The van der Waals surface area contributed by atoms with Crippen LogP contribution in [0.1, 0.15) is 48.7 Å². The molecule has 39 heavy (non-hydrogen) atoms. The molecular weight excluding hydrogens is 490 g/mol. The fourth-order valence-electron chi connectivity index (χ4n) is 3.72. The molecule has 3 aromatic rings. The number of pyridine rings is 1. The molecule has 0 saturated heterocycles. The third-order valence-corrected chi connectivity index (χ3v) is 6.09. The van der Waals surface area contributed by atoms with Gasteiger partial charge in [-0.2, -0.15) is 5.26 Å². The van der Waals surface area contributed by atoms with E-state index in [0.29, 0.717) is 29.2 Å². The molecule has 0 aliphatic rings. The Hall–Kier alpha value is -4.77. The van der Waals surface area contributed by atoms with Crippen molar-refractivity contribution in [1.29, 1.82) is 5.26 Å². The van der Waals surface area contributed by atoms with Gasteiger partial charge in [-0.05, 0) is 87.4 Å². The predicted octanol–water partition coefficient (Wildman–Crippen LogP) is 6.01. The largest absolute Gasteiger partial charge is 0.466 e. The van der Waals surface area contributed by atoms with Crippen LogP contribution in [-0.4, -0.2) is 42.3 Å². The molecule has 0 saturated carbocycles. The van der Waals surface area contributed by atoms with Gasteiger partial charge in [0.05, 0.1) is 42.6 Å². The van der Waals surface area contributed by atoms with Crippen LogP contribution in [-0.2, 0) is 9.53 Å². The third-order valence-electron chi connectivity index (χ3n) is 6.09. The summed E-state index contributed by atoms with van der Waals surface area (Å²) in [5, 5.41) is 12.4. The smallest absolute Gasteiger partial charge is 0.307 e. The molecule has 1 heterocycles. The van der Waals surface area contributed by atoms with E-state index in [2.05, 4.69) is 16.4 Å². The standard InChI is InChI=1S/C31H33N5O3/c1-5-22(3)28(21-34-26-14-11-24(20-32)12-15-26)35-27-19-25(13-10-23(27)4)31(38)36(18-16-30(37)39-6-2)29-9-7-8-17-33-29/h5,7-15,17,19,34H,6,16,18,21H2,1-4H3. The Morgan fingerprint density at radius 1 is 1.15 bits per heavy atom. The summed E-state index contributed by atoms with van der Waals surface area (Å²) in [6.07, 6.45) is 3.65. The Labute approximate surface area is 229 Å². The number of amides is 1. The summed E-state index contributed by atoms with van der Waals surface area (Å²) in [6, 6.07) is 20.0. The number of benzene rings is 2. The first kappa shape index (κ1) is 28.8. The van der Waals surface area contributed by atoms with Gasteiger partial charge in [0.25, 0.3) is 5.91 Å². The van der Waals surface area contributed by atoms with Crippen LogP contribution >= 0.6 is 0 Å². The lowest BCUT2D eigenvalue weighted by molar-refractivity contribution is -0.142. The number of nitrogens with one attached hydrogen (secondary N) is 1. The van der Waals surface area contributed by atoms with Crippen LogP contribution in [0, 0.1) is 18.3 Å². The van der Waals surface area contributed by atoms with Crippen molar-refractivity contribution in [2.75, 3.05) is 29.9 Å². The molecule has 3 rings (SSSR count). The van der Waals surface area contributed by atoms with Gasteiger partial charge in [-0.15, -0.1) is 0 Å². The first-order valence-corrected chi connectivity index (χ1v) is 12.8. The summed E-state index contributed by atoms with van der Waals surface area (Å²) in [5.74, 6) is -0.203. The Kier molecular flexibility index (Phi) is 10.5. The van der Waals surface area contributed by atoms with Crippen LogP contribution in [0.25, 0.3) is 0 Å². The van der Waals surface area contributed by atoms with Gasteiger partial charge in [-0.3, -0.25) is 19.5 Å². The van der Waals surface area contributed by atoms with Crippen molar-refractivity contribution >= 4 is 34.8 Å². The molecule has 200 valence electrons. The molecule has 0 fully saturated rings. The van der Waals surface area contributed by atoms with E-state index in [1.807, 2.05) is 45.0 Å². The maximum Gasteiger partial charge on any atom is 0.307 e. The van der Waals surface area contributed by atoms with E-state index < -0.39 is 0 Å². The van der Waals surface area contributed by atoms with Gasteiger partial charge in [-0.1, -0.05) is 18.2 Å². The van der Waals surface area contributed by atoms with E-state index in [1.54, 1.807) is 55.6 Å². The molecule has 0 radical (unpaired) electrons. The average molecular weight is 524 g/mol. The fraction of sp³-hybridized carbons (Fsp3) is 0.258. The average Bonchev–Trinajstić information content (AvgIpc) is 2.96. The van der Waals surface area contributed by atoms with Crippen molar-refractivity contribution in [2.24, 2.45) is 4.99 Å². The number of hydrogen-bond acceptors (Lipinski definition) is 7. The van der Waals surface area contributed by atoms with Crippen molar-refractivity contribution in [2.45, 2.75) is 34.1 Å². The summed E-state index contributed by atoms with van der Waals surface area (Å²) in [5.41, 5.74) is 5.31. The number of allylic oxidation sites excluding steroid dienone is 1. The van der Waals surface area contributed by atoms with Gasteiger partial charge in [0.15, 0.2) is 0 Å². The number of esters is 1. The zero-order valence-corrected chi connectivity index (χ0v) is 22.8. The van der Waals surface area contributed by atoms with Gasteiger partial charge in [-0.25, -0.2) is 4.98 Å². The molecule has 0 atom stereocenters. The van der Waals surface area contributed by atoms with Crippen molar-refractivity contribution in [3.63, 3.8) is 0 Å². The number of carbonyl (C=O) groups excluding carboxylic acids is 2. The Morgan fingerprint density at radius 3 is 2.56 bits per heavy atom. The minimum absolute atomic E-state index is 0.0542. The number of carbonyl (C=O) groups is 2. The van der Waals surface area contributed by atoms with Crippen LogP contribution in [0.5, 0.6) is 0 Å². The predicted molar refractivity (Wildman–Crippen MR) is 155 cm³/mol. The molecule has 1 N–H and O–H groups in total. The van der Waals surface area contributed by atoms with Crippen molar-refractivity contribution in [3.8, 4) is 6.07 Å². The Morgan fingerprint density at radius 2 is 1.92 bits per heavy atom. The number of rotatable bonds is 11. The second-order valence-corrected chi connectivity index (χ2v) is 8.77. The highest BCUT2D eigenvalue weighted by atomic mass is 16.5. The molecule has 8 heteroatoms. The topological polar surface area (TPSA) is 108 Å². The minimum atomic E-state index is -0.373. The number of aryl methyl sites for hydroxylation is 1. The summed E-state index contributed by atoms with van der Waals surface area (Å²) in [7, 11) is 0. The van der Waals surface area contributed by atoms with E-state index >= 15 is 0 Å². The summed E-state index contributed by atoms with van der Waals surface area (Å²) in [4.78, 5) is 36.4. The second-order valence-electron chi connectivity index (χ2n) is 8.77. The Bertz CT molecular complexity index is 1390. The third kappa shape index (κ3) is 8.11. The Balaban J connectivity index is 1.90. The molecule has 0 bridgehead atoms. The molecule has 0 aliphatic heterocycles. The molecule has 0 spiro atoms. The number of hydrogen-bond donors (Lipinski definition) is 1. The summed E-state index contributed by atoms with van der Waals surface area (Å²) in [6.45, 7) is 8.51. The molecule has 0 unspecified atom stereocenters. The van der Waals surface area contributed by atoms with Crippen LogP contribution in [0.2, 0.25) is 0 Å². The molecule has 2 aromatic carbocycles. The van der Waals surface area contributed by atoms with E-state index in [0.717, 1.165) is 22.5 Å². The maximum atomic E-state index is 13.7. The van der Waals surface area contributed by atoms with Crippen molar-refractivity contribution in [1.82, 2.24) is 4.98 Å². The second kappa shape index (κ2) is 14.2. The molecule has 8 nitrogen and oxygen atoms in total. The van der Waals surface area contributed by atoms with Crippen molar-refractivity contribution in [3.05, 3.63) is 95.2 Å². The zero-order valence-electron chi connectivity index (χ0n) is 22.8. The van der Waals surface area contributed by atoms with Crippen LogP contribution in [0.4, 0.5) is 17.2 Å². The lowest BCUT2D eigenvalue weighted by Crippen LogP contribution is -2.34. The maximum absolute atomic E-state index is 13.7. The highest BCUT2D eigenvalue weighted by Crippen LogP contribution is 2.24. The van der Waals surface area contributed by atoms with E-state index in [1.165, 1.54) is 4.90 Å². The minimum Gasteiger partial charge on any atom is -0.466 e. The van der Waals surface area contributed by atoms with Crippen LogP contribution in [0.3, 0.4) is 0 Å². The molecule has 1 amide bonds. The van der Waals surface area contributed by atoms with Crippen LogP contribution in [0.15, 0.2) is 83.5 Å². The number of nitriles is 1. The first-order valence-electron chi connectivity index (χ1n) is 12.8. The summed E-state index contributed by atoms with van der Waals surface area (Å²) < 4.78 is 5.05. The normalized spacial score (nSPS) is 11.5. The van der Waals surface area contributed by atoms with Gasteiger partial charge in [0.2, 0.25) is 0 Å². The number of nitrogens with zero attached hydrogens (tertiary/aromatic N) is 4. The first-order chi connectivity index (χ1) is 18.9. The van der Waals surface area contributed by atoms with Gasteiger partial charge in [0, 0.05) is 24.0 Å². The lowest BCUT2D eigenvalue weighted by atomic mass is 10.1. The number of aliphatic imine (C=N–C) groups is 1. The van der Waals surface area contributed by atoms with Crippen LogP contribution < -0.4 is 10.2 Å². The lowest BCUT2D eigenvalue weighted by Gasteiger charge is -2.22. The van der Waals surface area contributed by atoms with Crippen molar-refractivity contribution < 1.29 is 14.3 Å². The quantitative estimate of drug-likeness (QED) is 0.243. The number of aromatic nitrogens is 1. The fourth-order valence-corrected chi connectivity index (χ4v) is 3.72. The molecule has 1 aromatic heterocycles. The highest BCUT2D eigenvalue weighted by Gasteiger charge is 2.21. The number of anilines is 2. The van der Waals surface area contributed by atoms with E-state index in [4.69, 9.17) is 15.0 Å². The SMILES string of the molecule is CC=C(C)C(CNc1ccc(C#N)cc1)=Nc1cc(C(=O)N(CCC(=O)OCC)c2ccccn2)ccc1C. The summed E-state index contributed by atoms with van der Waals surface area (Å²) >= 11 is 0. The monoisotopic (exact) mass is 523 g/mol. The highest BCUT2D eigenvalue weighted by molar-refractivity contribution is 6.07. The van der Waals surface area contributed by atoms with Gasteiger partial charge in [0.1, 0.15) is 5.82 Å². The zero-order chi connectivity index (χ0) is 28.2. The van der Waals surface area contributed by atoms with E-state index in [9.17, 15) is 9.59 Å². The van der Waals surface area contributed by atoms with E-state index in [-0.39, 0.29) is 31.4 Å². The van der Waals surface area contributed by atoms with Gasteiger partial charge < -0.3 is 10.1 Å². The van der Waals surface area contributed by atoms with Gasteiger partial charge >= 0.3 is 5.97 Å². The molecule has 0 aliphatic carbocycles. The molecular formula is C31H33N5O3.